The molecule has 2 heterocycles. The molecule has 0 atom stereocenters. The molecule has 0 bridgehead atoms. The number of benzene rings is 8. The average Bonchev–Trinajstić information content (AvgIpc) is 3.60. The highest BCUT2D eigenvalue weighted by Gasteiger charge is 2.20. The maximum absolute atomic E-state index is 6.25. The fourth-order valence-electron chi connectivity index (χ4n) is 7.45. The van der Waals surface area contributed by atoms with Crippen molar-refractivity contribution in [3.05, 3.63) is 176 Å². The summed E-state index contributed by atoms with van der Waals surface area (Å²) >= 11 is 0. The molecule has 10 rings (SSSR count). The van der Waals surface area contributed by atoms with Crippen molar-refractivity contribution in [2.24, 2.45) is 0 Å². The zero-order valence-electron chi connectivity index (χ0n) is 27.5. The molecule has 0 amide bonds. The van der Waals surface area contributed by atoms with Crippen molar-refractivity contribution in [1.29, 1.82) is 0 Å². The topological polar surface area (TPSA) is 51.8 Å². The van der Waals surface area contributed by atoms with Crippen LogP contribution in [0.4, 0.5) is 0 Å². The van der Waals surface area contributed by atoms with Crippen LogP contribution in [-0.4, -0.2) is 15.0 Å². The van der Waals surface area contributed by atoms with Gasteiger partial charge in [-0.1, -0.05) is 158 Å². The number of rotatable bonds is 5. The molecule has 0 saturated heterocycles. The van der Waals surface area contributed by atoms with Crippen molar-refractivity contribution < 1.29 is 4.42 Å². The Morgan fingerprint density at radius 3 is 1.59 bits per heavy atom. The number of fused-ring (bicyclic) bond motifs is 5. The molecule has 0 N–H and O–H groups in total. The Balaban J connectivity index is 1.22. The first-order chi connectivity index (χ1) is 25.3. The monoisotopic (exact) mass is 651 g/mol. The molecule has 8 aromatic carbocycles. The van der Waals surface area contributed by atoms with Crippen LogP contribution in [0.2, 0.25) is 0 Å². The Bertz CT molecular complexity index is 2910. The van der Waals surface area contributed by atoms with Gasteiger partial charge >= 0.3 is 0 Å². The Labute approximate surface area is 294 Å². The summed E-state index contributed by atoms with van der Waals surface area (Å²) in [6.45, 7) is 0. The van der Waals surface area contributed by atoms with E-state index in [9.17, 15) is 0 Å². The number of furan rings is 1. The lowest BCUT2D eigenvalue weighted by Gasteiger charge is -2.16. The summed E-state index contributed by atoms with van der Waals surface area (Å²) in [6, 6.07) is 61.1. The number of hydrogen-bond acceptors (Lipinski definition) is 4. The third-order valence-corrected chi connectivity index (χ3v) is 9.76. The molecular weight excluding hydrogens is 623 g/mol. The average molecular weight is 652 g/mol. The summed E-state index contributed by atoms with van der Waals surface area (Å²) in [7, 11) is 0. The maximum Gasteiger partial charge on any atom is 0.164 e. The van der Waals surface area contributed by atoms with Crippen LogP contribution in [-0.2, 0) is 0 Å². The third kappa shape index (κ3) is 4.88. The van der Waals surface area contributed by atoms with Gasteiger partial charge in [0.15, 0.2) is 17.5 Å². The Hall–Kier alpha value is -6.91. The number of aromatic nitrogens is 3. The van der Waals surface area contributed by atoms with Crippen molar-refractivity contribution in [2.75, 3.05) is 0 Å². The molecule has 0 saturated carbocycles. The van der Waals surface area contributed by atoms with Gasteiger partial charge in [0.2, 0.25) is 0 Å². The summed E-state index contributed by atoms with van der Waals surface area (Å²) in [5.74, 6) is 1.84. The van der Waals surface area contributed by atoms with Gasteiger partial charge in [-0.2, -0.15) is 0 Å². The summed E-state index contributed by atoms with van der Waals surface area (Å²) < 4.78 is 6.25. The van der Waals surface area contributed by atoms with E-state index < -0.39 is 0 Å². The van der Waals surface area contributed by atoms with Crippen LogP contribution in [0.3, 0.4) is 0 Å². The van der Waals surface area contributed by atoms with Crippen molar-refractivity contribution in [3.8, 4) is 56.4 Å². The zero-order valence-corrected chi connectivity index (χ0v) is 27.5. The van der Waals surface area contributed by atoms with Gasteiger partial charge < -0.3 is 4.42 Å². The molecule has 0 aliphatic heterocycles. The van der Waals surface area contributed by atoms with Gasteiger partial charge in [-0.05, 0) is 62.0 Å². The van der Waals surface area contributed by atoms with E-state index in [1.54, 1.807) is 0 Å². The van der Waals surface area contributed by atoms with Crippen LogP contribution in [0.1, 0.15) is 0 Å². The van der Waals surface area contributed by atoms with E-state index in [0.29, 0.717) is 17.5 Å². The van der Waals surface area contributed by atoms with Crippen LogP contribution < -0.4 is 0 Å². The minimum atomic E-state index is 0.603. The van der Waals surface area contributed by atoms with Crippen molar-refractivity contribution in [2.45, 2.75) is 0 Å². The first-order valence-corrected chi connectivity index (χ1v) is 17.1. The smallest absolute Gasteiger partial charge is 0.164 e. The largest absolute Gasteiger partial charge is 0.456 e. The molecule has 0 unspecified atom stereocenters. The van der Waals surface area contributed by atoms with E-state index in [2.05, 4.69) is 115 Å². The molecule has 4 heteroatoms. The van der Waals surface area contributed by atoms with Crippen LogP contribution in [0.25, 0.3) is 99.9 Å². The highest BCUT2D eigenvalue weighted by Crippen LogP contribution is 2.42. The molecular formula is C47H29N3O. The first kappa shape index (κ1) is 29.0. The number of para-hydroxylation sites is 1. The van der Waals surface area contributed by atoms with Crippen LogP contribution >= 0.6 is 0 Å². The van der Waals surface area contributed by atoms with Crippen LogP contribution in [0, 0.1) is 0 Å². The Morgan fingerprint density at radius 1 is 0.294 bits per heavy atom. The second kappa shape index (κ2) is 11.9. The zero-order chi connectivity index (χ0) is 33.7. The fraction of sp³-hybridized carbons (Fsp3) is 0. The van der Waals surface area contributed by atoms with Crippen LogP contribution in [0.5, 0.6) is 0 Å². The highest BCUT2D eigenvalue weighted by atomic mass is 16.3. The highest BCUT2D eigenvalue weighted by molar-refractivity contribution is 6.14. The molecule has 51 heavy (non-hydrogen) atoms. The van der Waals surface area contributed by atoms with E-state index in [0.717, 1.165) is 55.0 Å². The molecule has 238 valence electrons. The number of hydrogen-bond donors (Lipinski definition) is 0. The van der Waals surface area contributed by atoms with Gasteiger partial charge in [-0.3, -0.25) is 0 Å². The summed E-state index contributed by atoms with van der Waals surface area (Å²) in [6.07, 6.45) is 0. The molecule has 0 radical (unpaired) electrons. The lowest BCUT2D eigenvalue weighted by atomic mass is 9.88. The summed E-state index contributed by atoms with van der Waals surface area (Å²) in [5, 5.41) is 6.68. The quantitative estimate of drug-likeness (QED) is 0.186. The second-order valence-corrected chi connectivity index (χ2v) is 12.7. The first-order valence-electron chi connectivity index (χ1n) is 17.1. The number of nitrogens with zero attached hydrogens (tertiary/aromatic N) is 3. The Kier molecular flexibility index (Phi) is 6.78. The van der Waals surface area contributed by atoms with Gasteiger partial charge in [-0.25, -0.2) is 15.0 Å². The maximum atomic E-state index is 6.25. The lowest BCUT2D eigenvalue weighted by molar-refractivity contribution is 0.669. The van der Waals surface area contributed by atoms with Gasteiger partial charge in [0.25, 0.3) is 0 Å². The van der Waals surface area contributed by atoms with Crippen molar-refractivity contribution in [3.63, 3.8) is 0 Å². The lowest BCUT2D eigenvalue weighted by Crippen LogP contribution is -2.01. The molecule has 0 aliphatic carbocycles. The Morgan fingerprint density at radius 2 is 0.824 bits per heavy atom. The van der Waals surface area contributed by atoms with E-state index in [1.165, 1.54) is 27.5 Å². The standard InChI is InChI=1S/C47H29N3O/c1-3-14-30(15-4-1)33-23-11-18-31-19-12-24-37(43(31)33)36-28-29-38(35-21-8-7-20-34(35)36)46-48-45(32-16-5-2-6-17-32)49-47(50-46)40-25-13-27-42-44(40)39-22-9-10-26-41(39)51-42/h1-29H. The molecule has 4 nitrogen and oxygen atoms in total. The fourth-order valence-corrected chi connectivity index (χ4v) is 7.45. The van der Waals surface area contributed by atoms with Crippen molar-refractivity contribution in [1.82, 2.24) is 15.0 Å². The van der Waals surface area contributed by atoms with Gasteiger partial charge in [0.1, 0.15) is 11.2 Å². The minimum absolute atomic E-state index is 0.603. The van der Waals surface area contributed by atoms with Crippen LogP contribution in [0.15, 0.2) is 180 Å². The van der Waals surface area contributed by atoms with Crippen molar-refractivity contribution >= 4 is 43.5 Å². The summed E-state index contributed by atoms with van der Waals surface area (Å²) in [4.78, 5) is 15.5. The normalized spacial score (nSPS) is 11.5. The molecule has 0 spiro atoms. The van der Waals surface area contributed by atoms with E-state index >= 15 is 0 Å². The molecule has 0 fully saturated rings. The molecule has 0 aliphatic rings. The van der Waals surface area contributed by atoms with E-state index in [4.69, 9.17) is 19.4 Å². The minimum Gasteiger partial charge on any atom is -0.456 e. The molecule has 10 aromatic rings. The third-order valence-electron chi connectivity index (χ3n) is 9.76. The van der Waals surface area contributed by atoms with Gasteiger partial charge in [-0.15, -0.1) is 0 Å². The second-order valence-electron chi connectivity index (χ2n) is 12.7. The van der Waals surface area contributed by atoms with E-state index in [1.807, 2.05) is 60.7 Å². The SMILES string of the molecule is c1ccc(-c2nc(-c3ccc(-c4cccc5cccc(-c6ccccc6)c45)c4ccccc34)nc(-c3cccc4oc5ccccc5c34)n2)cc1. The van der Waals surface area contributed by atoms with E-state index in [-0.39, 0.29) is 0 Å². The summed E-state index contributed by atoms with van der Waals surface area (Å²) in [5.41, 5.74) is 9.18. The molecule has 2 aromatic heterocycles. The predicted octanol–water partition coefficient (Wildman–Crippen LogP) is 12.4. The predicted molar refractivity (Wildman–Crippen MR) is 209 cm³/mol. The van der Waals surface area contributed by atoms with Gasteiger partial charge in [0.05, 0.1) is 0 Å². The van der Waals surface area contributed by atoms with Gasteiger partial charge in [0, 0.05) is 27.5 Å².